The van der Waals surface area contributed by atoms with E-state index >= 15 is 0 Å². The molecule has 4 rings (SSSR count). The van der Waals surface area contributed by atoms with E-state index in [1.54, 1.807) is 54.7 Å². The van der Waals surface area contributed by atoms with Crippen molar-refractivity contribution in [1.82, 2.24) is 9.88 Å². The topological polar surface area (TPSA) is 76.3 Å². The molecule has 2 N–H and O–H groups in total. The Labute approximate surface area is 168 Å². The zero-order chi connectivity index (χ0) is 20.4. The summed E-state index contributed by atoms with van der Waals surface area (Å²) in [6, 6.07) is 15.3. The van der Waals surface area contributed by atoms with Crippen molar-refractivity contribution in [3.63, 3.8) is 0 Å². The molecule has 0 spiro atoms. The largest absolute Gasteiger partial charge is 0.368 e. The van der Waals surface area contributed by atoms with Crippen LogP contribution in [0.4, 0.5) is 4.39 Å². The van der Waals surface area contributed by atoms with Crippen LogP contribution in [0.25, 0.3) is 0 Å². The number of carbonyl (C=O) groups is 2. The summed E-state index contributed by atoms with van der Waals surface area (Å²) in [5.74, 6) is -1.45. The van der Waals surface area contributed by atoms with E-state index in [0.717, 1.165) is 5.56 Å². The molecule has 1 aromatic heterocycles. The van der Waals surface area contributed by atoms with Gasteiger partial charge in [0.25, 0.3) is 5.91 Å². The lowest BCUT2D eigenvalue weighted by atomic mass is 9.98. The van der Waals surface area contributed by atoms with Gasteiger partial charge in [-0.05, 0) is 42.7 Å². The molecule has 0 saturated heterocycles. The third-order valence-electron chi connectivity index (χ3n) is 5.30. The third-order valence-corrected chi connectivity index (χ3v) is 5.30. The summed E-state index contributed by atoms with van der Waals surface area (Å²) in [7, 11) is 0. The predicted molar refractivity (Wildman–Crippen MR) is 106 cm³/mol. The number of rotatable bonds is 5. The average molecular weight is 389 g/mol. The summed E-state index contributed by atoms with van der Waals surface area (Å²) in [5, 5.41) is 0. The maximum atomic E-state index is 14.8. The summed E-state index contributed by atoms with van der Waals surface area (Å²) < 4.78 is 14.8. The van der Waals surface area contributed by atoms with Crippen LogP contribution in [-0.2, 0) is 11.2 Å². The van der Waals surface area contributed by atoms with Crippen LogP contribution in [0.2, 0.25) is 0 Å². The first kappa shape index (κ1) is 18.8. The molecule has 146 valence electrons. The molecule has 1 aliphatic carbocycles. The summed E-state index contributed by atoms with van der Waals surface area (Å²) in [6.45, 7) is 0. The standard InChI is InChI=1S/C23H20FN3O2/c24-18-10-4-8-15-11-12-19(20(15)18)27(23(29)16-6-2-1-3-7-16)21(22(25)28)17-9-5-13-26-14-17/h1-10,13-14,19,21H,11-12H2,(H2,25,28)/t19-,21-/m1/s1. The maximum Gasteiger partial charge on any atom is 0.255 e. The Balaban J connectivity index is 1.87. The van der Waals surface area contributed by atoms with Crippen molar-refractivity contribution in [2.45, 2.75) is 24.9 Å². The van der Waals surface area contributed by atoms with Crippen LogP contribution in [0.1, 0.15) is 45.6 Å². The van der Waals surface area contributed by atoms with E-state index in [-0.39, 0.29) is 11.7 Å². The number of nitrogens with two attached hydrogens (primary N) is 1. The number of aryl methyl sites for hydroxylation is 1. The number of pyridine rings is 1. The van der Waals surface area contributed by atoms with Crippen LogP contribution >= 0.6 is 0 Å². The molecule has 1 aliphatic rings. The number of carbonyl (C=O) groups excluding carboxylic acids is 2. The highest BCUT2D eigenvalue weighted by Crippen LogP contribution is 2.42. The van der Waals surface area contributed by atoms with E-state index in [1.165, 1.54) is 17.2 Å². The van der Waals surface area contributed by atoms with E-state index in [0.29, 0.717) is 29.5 Å². The van der Waals surface area contributed by atoms with Gasteiger partial charge in [0, 0.05) is 29.1 Å². The van der Waals surface area contributed by atoms with Gasteiger partial charge in [-0.1, -0.05) is 36.4 Å². The van der Waals surface area contributed by atoms with Gasteiger partial charge in [0.2, 0.25) is 5.91 Å². The number of primary amides is 1. The summed E-state index contributed by atoms with van der Waals surface area (Å²) >= 11 is 0. The molecule has 1 heterocycles. The molecule has 6 heteroatoms. The lowest BCUT2D eigenvalue weighted by Gasteiger charge is -2.35. The van der Waals surface area contributed by atoms with Crippen molar-refractivity contribution in [3.8, 4) is 0 Å². The maximum absolute atomic E-state index is 14.8. The number of halogens is 1. The average Bonchev–Trinajstić information content (AvgIpc) is 3.17. The molecule has 0 bridgehead atoms. The van der Waals surface area contributed by atoms with Gasteiger partial charge in [0.1, 0.15) is 11.9 Å². The number of hydrogen-bond acceptors (Lipinski definition) is 3. The van der Waals surface area contributed by atoms with Crippen molar-refractivity contribution in [1.29, 1.82) is 0 Å². The highest BCUT2D eigenvalue weighted by Gasteiger charge is 2.40. The number of amides is 2. The fraction of sp³-hybridized carbons (Fsp3) is 0.174. The molecule has 0 fully saturated rings. The van der Waals surface area contributed by atoms with Crippen LogP contribution in [0, 0.1) is 5.82 Å². The molecule has 0 aliphatic heterocycles. The summed E-state index contributed by atoms with van der Waals surface area (Å²) in [4.78, 5) is 31.6. The Hall–Kier alpha value is -3.54. The van der Waals surface area contributed by atoms with Gasteiger partial charge in [0.15, 0.2) is 0 Å². The fourth-order valence-electron chi connectivity index (χ4n) is 4.06. The summed E-state index contributed by atoms with van der Waals surface area (Å²) in [5.41, 5.74) is 7.95. The van der Waals surface area contributed by atoms with E-state index in [9.17, 15) is 14.0 Å². The minimum absolute atomic E-state index is 0.376. The van der Waals surface area contributed by atoms with Crippen molar-refractivity contribution in [2.75, 3.05) is 0 Å². The van der Waals surface area contributed by atoms with E-state index < -0.39 is 18.0 Å². The SMILES string of the molecule is NC(=O)[C@@H](c1cccnc1)N(C(=O)c1ccccc1)[C@@H]1CCc2cccc(F)c21. The molecule has 0 saturated carbocycles. The molecular weight excluding hydrogens is 369 g/mol. The van der Waals surface area contributed by atoms with Gasteiger partial charge in [-0.3, -0.25) is 14.6 Å². The number of aromatic nitrogens is 1. The van der Waals surface area contributed by atoms with Gasteiger partial charge in [0.05, 0.1) is 6.04 Å². The van der Waals surface area contributed by atoms with Crippen LogP contribution in [-0.4, -0.2) is 21.7 Å². The highest BCUT2D eigenvalue weighted by atomic mass is 19.1. The van der Waals surface area contributed by atoms with Gasteiger partial charge < -0.3 is 10.6 Å². The molecule has 0 unspecified atom stereocenters. The molecule has 2 amide bonds. The van der Waals surface area contributed by atoms with Gasteiger partial charge in [-0.15, -0.1) is 0 Å². The molecule has 3 aromatic rings. The predicted octanol–water partition coefficient (Wildman–Crippen LogP) is 3.58. The molecule has 2 aromatic carbocycles. The molecule has 5 nitrogen and oxygen atoms in total. The fourth-order valence-corrected chi connectivity index (χ4v) is 4.06. The minimum Gasteiger partial charge on any atom is -0.368 e. The Kier molecular flexibility index (Phi) is 5.08. The van der Waals surface area contributed by atoms with Crippen LogP contribution in [0.5, 0.6) is 0 Å². The van der Waals surface area contributed by atoms with Crippen LogP contribution in [0.15, 0.2) is 73.1 Å². The third kappa shape index (κ3) is 3.49. The Morgan fingerprint density at radius 3 is 2.55 bits per heavy atom. The minimum atomic E-state index is -1.06. The second kappa shape index (κ2) is 7.83. The van der Waals surface area contributed by atoms with Gasteiger partial charge >= 0.3 is 0 Å². The first-order valence-electron chi connectivity index (χ1n) is 9.42. The van der Waals surface area contributed by atoms with Crippen molar-refractivity contribution < 1.29 is 14.0 Å². The Morgan fingerprint density at radius 1 is 1.07 bits per heavy atom. The first-order valence-corrected chi connectivity index (χ1v) is 9.42. The summed E-state index contributed by atoms with van der Waals surface area (Å²) in [6.07, 6.45) is 4.22. The molecular formula is C23H20FN3O2. The molecule has 0 radical (unpaired) electrons. The van der Waals surface area contributed by atoms with E-state index in [2.05, 4.69) is 4.98 Å². The van der Waals surface area contributed by atoms with Crippen molar-refractivity contribution in [2.24, 2.45) is 5.73 Å². The van der Waals surface area contributed by atoms with Crippen molar-refractivity contribution >= 4 is 11.8 Å². The quantitative estimate of drug-likeness (QED) is 0.725. The zero-order valence-corrected chi connectivity index (χ0v) is 15.7. The number of hydrogen-bond donors (Lipinski definition) is 1. The number of nitrogens with zero attached hydrogens (tertiary/aromatic N) is 2. The Bertz CT molecular complexity index is 1040. The lowest BCUT2D eigenvalue weighted by molar-refractivity contribution is -0.123. The second-order valence-electron chi connectivity index (χ2n) is 7.04. The van der Waals surface area contributed by atoms with Crippen molar-refractivity contribution in [3.05, 3.63) is 101 Å². The van der Waals surface area contributed by atoms with E-state index in [1.807, 2.05) is 6.07 Å². The van der Waals surface area contributed by atoms with Crippen LogP contribution < -0.4 is 5.73 Å². The number of fused-ring (bicyclic) bond motifs is 1. The monoisotopic (exact) mass is 389 g/mol. The molecule has 29 heavy (non-hydrogen) atoms. The van der Waals surface area contributed by atoms with E-state index in [4.69, 9.17) is 5.73 Å². The first-order chi connectivity index (χ1) is 14.1. The highest BCUT2D eigenvalue weighted by molar-refractivity contribution is 5.98. The Morgan fingerprint density at radius 2 is 1.86 bits per heavy atom. The lowest BCUT2D eigenvalue weighted by Crippen LogP contribution is -2.43. The molecule has 2 atom stereocenters. The zero-order valence-electron chi connectivity index (χ0n) is 15.7. The van der Waals surface area contributed by atoms with Gasteiger partial charge in [-0.2, -0.15) is 0 Å². The number of benzene rings is 2. The van der Waals surface area contributed by atoms with Crippen LogP contribution in [0.3, 0.4) is 0 Å². The van der Waals surface area contributed by atoms with Gasteiger partial charge in [-0.25, -0.2) is 4.39 Å². The second-order valence-corrected chi connectivity index (χ2v) is 7.04. The normalized spacial score (nSPS) is 16.1. The smallest absolute Gasteiger partial charge is 0.255 e.